The van der Waals surface area contributed by atoms with Crippen molar-refractivity contribution in [3.05, 3.63) is 95.8 Å². The fourth-order valence-corrected chi connectivity index (χ4v) is 4.29. The van der Waals surface area contributed by atoms with E-state index >= 15 is 0 Å². The molecule has 33 heavy (non-hydrogen) atoms. The molecule has 1 aliphatic rings. The zero-order valence-electron chi connectivity index (χ0n) is 19.6. The van der Waals surface area contributed by atoms with Crippen LogP contribution in [0.1, 0.15) is 74.5 Å². The molecule has 0 N–H and O–H groups in total. The Hall–Kier alpha value is -2.46. The van der Waals surface area contributed by atoms with Crippen molar-refractivity contribution >= 4 is 0 Å². The number of hydrogen-bond donors (Lipinski definition) is 0. The summed E-state index contributed by atoms with van der Waals surface area (Å²) in [6.07, 6.45) is 8.34. The van der Waals surface area contributed by atoms with E-state index in [9.17, 15) is 8.78 Å². The van der Waals surface area contributed by atoms with Crippen molar-refractivity contribution in [2.24, 2.45) is 5.92 Å². The van der Waals surface area contributed by atoms with E-state index in [1.807, 2.05) is 42.5 Å². The van der Waals surface area contributed by atoms with Crippen LogP contribution in [0.4, 0.5) is 8.78 Å². The Morgan fingerprint density at radius 1 is 1.03 bits per heavy atom. The molecule has 0 aromatic heterocycles. The minimum atomic E-state index is -3.41. The molecule has 1 saturated carbocycles. The number of alkyl halides is 2. The summed E-state index contributed by atoms with van der Waals surface area (Å²) in [6.45, 7) is 6.55. The first-order chi connectivity index (χ1) is 16.0. The van der Waals surface area contributed by atoms with Gasteiger partial charge in [0.15, 0.2) is 0 Å². The third-order valence-corrected chi connectivity index (χ3v) is 6.26. The molecular weight excluding hydrogens is 418 g/mol. The quantitative estimate of drug-likeness (QED) is 0.182. The van der Waals surface area contributed by atoms with E-state index in [1.54, 1.807) is 0 Å². The van der Waals surface area contributed by atoms with E-state index < -0.39 is 6.11 Å². The SMILES string of the molecule is C=C(CCOCc1ccccc1)OC(F)(F)c1ccc(C2CCC(/C=C/CCC)CC2)cc1. The van der Waals surface area contributed by atoms with Gasteiger partial charge in [-0.15, -0.1) is 0 Å². The summed E-state index contributed by atoms with van der Waals surface area (Å²) in [4.78, 5) is 0. The highest BCUT2D eigenvalue weighted by atomic mass is 19.3. The third-order valence-electron chi connectivity index (χ3n) is 6.26. The molecule has 1 aliphatic carbocycles. The maximum Gasteiger partial charge on any atom is 0.426 e. The highest BCUT2D eigenvalue weighted by Gasteiger charge is 2.35. The number of benzene rings is 2. The predicted octanol–water partition coefficient (Wildman–Crippen LogP) is 8.50. The van der Waals surface area contributed by atoms with Gasteiger partial charge in [-0.3, -0.25) is 0 Å². The van der Waals surface area contributed by atoms with Gasteiger partial charge < -0.3 is 9.47 Å². The van der Waals surface area contributed by atoms with Crippen LogP contribution in [0.15, 0.2) is 79.1 Å². The maximum atomic E-state index is 14.6. The molecule has 178 valence electrons. The molecule has 0 amide bonds. The average molecular weight is 455 g/mol. The molecule has 2 aromatic rings. The van der Waals surface area contributed by atoms with Crippen LogP contribution in [0.2, 0.25) is 0 Å². The zero-order valence-corrected chi connectivity index (χ0v) is 19.6. The first-order valence-electron chi connectivity index (χ1n) is 12.1. The van der Waals surface area contributed by atoms with Gasteiger partial charge in [-0.1, -0.05) is 74.5 Å². The highest BCUT2D eigenvalue weighted by molar-refractivity contribution is 5.28. The molecule has 0 heterocycles. The van der Waals surface area contributed by atoms with Crippen LogP contribution < -0.4 is 0 Å². The maximum absolute atomic E-state index is 14.6. The van der Waals surface area contributed by atoms with Crippen molar-refractivity contribution in [2.45, 2.75) is 70.5 Å². The number of allylic oxidation sites excluding steroid dienone is 2. The largest absolute Gasteiger partial charge is 0.434 e. The Bertz CT molecular complexity index is 866. The number of rotatable bonds is 12. The number of hydrogen-bond acceptors (Lipinski definition) is 2. The van der Waals surface area contributed by atoms with E-state index in [0.717, 1.165) is 43.2 Å². The molecule has 0 radical (unpaired) electrons. The normalized spacial score (nSPS) is 19.0. The van der Waals surface area contributed by atoms with Gasteiger partial charge in [-0.25, -0.2) is 0 Å². The van der Waals surface area contributed by atoms with E-state index in [-0.39, 0.29) is 24.4 Å². The Balaban J connectivity index is 1.43. The second-order valence-corrected chi connectivity index (χ2v) is 8.90. The monoisotopic (exact) mass is 454 g/mol. The second-order valence-electron chi connectivity index (χ2n) is 8.90. The van der Waals surface area contributed by atoms with Crippen LogP contribution in [-0.2, 0) is 22.2 Å². The number of ether oxygens (including phenoxy) is 2. The van der Waals surface area contributed by atoms with Gasteiger partial charge in [0.1, 0.15) is 0 Å². The molecule has 0 atom stereocenters. The first-order valence-corrected chi connectivity index (χ1v) is 12.1. The van der Waals surface area contributed by atoms with Crippen LogP contribution in [0.5, 0.6) is 0 Å². The van der Waals surface area contributed by atoms with E-state index in [4.69, 9.17) is 9.47 Å². The van der Waals surface area contributed by atoms with Crippen LogP contribution >= 0.6 is 0 Å². The molecule has 3 rings (SSSR count). The molecule has 1 fully saturated rings. The van der Waals surface area contributed by atoms with Crippen LogP contribution in [0.25, 0.3) is 0 Å². The van der Waals surface area contributed by atoms with E-state index in [2.05, 4.69) is 25.7 Å². The summed E-state index contributed by atoms with van der Waals surface area (Å²) in [6, 6.07) is 16.4. The van der Waals surface area contributed by atoms with Crippen molar-refractivity contribution in [3.63, 3.8) is 0 Å². The molecule has 0 spiro atoms. The molecular formula is C29H36F2O2. The molecule has 4 heteroatoms. The number of halogens is 2. The Kier molecular flexibility index (Phi) is 9.68. The van der Waals surface area contributed by atoms with E-state index in [0.29, 0.717) is 18.4 Å². The van der Waals surface area contributed by atoms with Crippen molar-refractivity contribution in [3.8, 4) is 0 Å². The fraction of sp³-hybridized carbons (Fsp3) is 0.448. The fourth-order valence-electron chi connectivity index (χ4n) is 4.29. The summed E-state index contributed by atoms with van der Waals surface area (Å²) in [7, 11) is 0. The van der Waals surface area contributed by atoms with Gasteiger partial charge in [-0.2, -0.15) is 8.78 Å². The summed E-state index contributed by atoms with van der Waals surface area (Å²) in [5.74, 6) is 1.13. The molecule has 0 saturated heterocycles. The number of unbranched alkanes of at least 4 members (excludes halogenated alkanes) is 1. The first kappa shape index (κ1) is 25.2. The summed E-state index contributed by atoms with van der Waals surface area (Å²) < 4.78 is 39.7. The van der Waals surface area contributed by atoms with Gasteiger partial charge in [0.25, 0.3) is 0 Å². The van der Waals surface area contributed by atoms with Crippen molar-refractivity contribution in [1.82, 2.24) is 0 Å². The Morgan fingerprint density at radius 2 is 1.73 bits per heavy atom. The molecule has 0 aliphatic heterocycles. The minimum absolute atomic E-state index is 0.0200. The minimum Gasteiger partial charge on any atom is -0.434 e. The summed E-state index contributed by atoms with van der Waals surface area (Å²) in [5.41, 5.74) is 2.03. The Morgan fingerprint density at radius 3 is 2.39 bits per heavy atom. The van der Waals surface area contributed by atoms with Gasteiger partial charge >= 0.3 is 6.11 Å². The van der Waals surface area contributed by atoms with Gasteiger partial charge in [0.05, 0.1) is 24.5 Å². The molecule has 0 unspecified atom stereocenters. The van der Waals surface area contributed by atoms with Crippen molar-refractivity contribution in [2.75, 3.05) is 6.61 Å². The lowest BCUT2D eigenvalue weighted by Gasteiger charge is -2.27. The van der Waals surface area contributed by atoms with Crippen molar-refractivity contribution in [1.29, 1.82) is 0 Å². The smallest absolute Gasteiger partial charge is 0.426 e. The van der Waals surface area contributed by atoms with Crippen LogP contribution in [-0.4, -0.2) is 6.61 Å². The van der Waals surface area contributed by atoms with Crippen LogP contribution in [0, 0.1) is 5.92 Å². The lowest BCUT2D eigenvalue weighted by Crippen LogP contribution is -2.18. The van der Waals surface area contributed by atoms with Gasteiger partial charge in [0.2, 0.25) is 0 Å². The average Bonchev–Trinajstić information content (AvgIpc) is 2.83. The highest BCUT2D eigenvalue weighted by Crippen LogP contribution is 2.38. The standard InChI is InChI=1S/C29H36F2O2/c1-3-4-6-9-24-12-14-26(15-13-24)27-16-18-28(19-17-27)29(30,31)33-23(2)20-21-32-22-25-10-7-5-8-11-25/h5-11,16-19,24,26H,2-4,12-15,20-22H2,1H3/b9-6+. The Labute approximate surface area is 197 Å². The third kappa shape index (κ3) is 8.12. The topological polar surface area (TPSA) is 18.5 Å². The molecule has 2 aromatic carbocycles. The molecule has 2 nitrogen and oxygen atoms in total. The van der Waals surface area contributed by atoms with Gasteiger partial charge in [0, 0.05) is 6.42 Å². The zero-order chi connectivity index (χ0) is 23.5. The summed E-state index contributed by atoms with van der Waals surface area (Å²) in [5, 5.41) is 0. The van der Waals surface area contributed by atoms with Gasteiger partial charge in [-0.05, 0) is 67.2 Å². The lowest BCUT2D eigenvalue weighted by molar-refractivity contribution is -0.225. The summed E-state index contributed by atoms with van der Waals surface area (Å²) >= 11 is 0. The predicted molar refractivity (Wildman–Crippen MR) is 130 cm³/mol. The van der Waals surface area contributed by atoms with E-state index in [1.165, 1.54) is 18.6 Å². The van der Waals surface area contributed by atoms with Crippen molar-refractivity contribution < 1.29 is 18.3 Å². The van der Waals surface area contributed by atoms with Crippen LogP contribution in [0.3, 0.4) is 0 Å². The lowest BCUT2D eigenvalue weighted by atomic mass is 9.78. The molecule has 0 bridgehead atoms. The second kappa shape index (κ2) is 12.7.